The average molecular weight is 87.1 g/mol. The molecule has 0 atom stereocenters. The van der Waals surface area contributed by atoms with E-state index in [1.807, 2.05) is 18.0 Å². The second kappa shape index (κ2) is 1.45. The summed E-state index contributed by atoms with van der Waals surface area (Å²) in [4.78, 5) is 3.92. The Bertz CT molecular complexity index is 44.9. The molecule has 0 spiro atoms. The minimum atomic E-state index is 0.986. The molecular weight excluding hydrogens is 82.1 g/mol. The first-order chi connectivity index (χ1) is 2.50. The second-order valence-corrected chi connectivity index (χ2v) is 1.86. The third-order valence-corrected chi connectivity index (χ3v) is 1.20. The zero-order valence-corrected chi connectivity index (χ0v) is 3.66. The number of thioether (sulfide) groups is 1. The minimum Gasteiger partial charge on any atom is -0.0747 e. The lowest BCUT2D eigenvalue weighted by Crippen LogP contribution is -1.75. The van der Waals surface area contributed by atoms with Gasteiger partial charge in [-0.15, -0.1) is 0 Å². The van der Waals surface area contributed by atoms with E-state index in [4.69, 9.17) is 0 Å². The number of hydrogen-bond acceptors (Lipinski definition) is 2. The van der Waals surface area contributed by atoms with Gasteiger partial charge in [-0.05, 0) is 0 Å². The highest BCUT2D eigenvalue weighted by molar-refractivity contribution is 8.00. The van der Waals surface area contributed by atoms with Crippen LogP contribution in [-0.2, 0) is 0 Å². The summed E-state index contributed by atoms with van der Waals surface area (Å²) in [5.74, 6) is 2.11. The Morgan fingerprint density at radius 1 is 1.80 bits per heavy atom. The van der Waals surface area contributed by atoms with E-state index in [0.29, 0.717) is 0 Å². The van der Waals surface area contributed by atoms with Gasteiger partial charge < -0.3 is 0 Å². The largest absolute Gasteiger partial charge is 0.256 e. The van der Waals surface area contributed by atoms with Gasteiger partial charge in [0.25, 0.3) is 5.88 Å². The van der Waals surface area contributed by atoms with Crippen LogP contribution < -0.4 is 4.99 Å². The molecular formula is C3H5NS+. The van der Waals surface area contributed by atoms with Gasteiger partial charge in [-0.25, -0.2) is 0 Å². The van der Waals surface area contributed by atoms with Gasteiger partial charge in [0.05, 0.1) is 5.75 Å². The van der Waals surface area contributed by atoms with Gasteiger partial charge in [-0.2, -0.15) is 0 Å². The van der Waals surface area contributed by atoms with Crippen LogP contribution >= 0.6 is 11.8 Å². The average Bonchev–Trinajstić information content (AvgIpc) is 1.76. The van der Waals surface area contributed by atoms with Gasteiger partial charge in [-0.3, -0.25) is 0 Å². The third-order valence-electron chi connectivity index (χ3n) is 0.487. The zero-order valence-electron chi connectivity index (χ0n) is 2.85. The summed E-state index contributed by atoms with van der Waals surface area (Å²) in [7, 11) is 0. The standard InChI is InChI=1S/C3H5NS/c1-2-5-3-4-1/h1H,2-3H2/q+1. The van der Waals surface area contributed by atoms with Crippen LogP contribution in [0.4, 0.5) is 0 Å². The predicted molar refractivity (Wildman–Crippen MR) is 25.5 cm³/mol. The van der Waals surface area contributed by atoms with Crippen LogP contribution in [0, 0.1) is 0 Å². The first kappa shape index (κ1) is 3.22. The minimum absolute atomic E-state index is 0.986. The zero-order chi connectivity index (χ0) is 3.54. The lowest BCUT2D eigenvalue weighted by atomic mass is 10.9. The number of hydrogen-bond donors (Lipinski definition) is 0. The third kappa shape index (κ3) is 0.651. The summed E-state index contributed by atoms with van der Waals surface area (Å²) in [6, 6.07) is 0. The van der Waals surface area contributed by atoms with Crippen LogP contribution in [0.15, 0.2) is 0 Å². The first-order valence-corrected chi connectivity index (χ1v) is 2.71. The summed E-state index contributed by atoms with van der Waals surface area (Å²) in [6.45, 7) is 0. The van der Waals surface area contributed by atoms with E-state index in [1.54, 1.807) is 0 Å². The molecule has 0 saturated carbocycles. The number of nitrogens with zero attached hydrogens (tertiary/aromatic N) is 1. The molecule has 0 fully saturated rings. The second-order valence-electron chi connectivity index (χ2n) is 0.865. The van der Waals surface area contributed by atoms with Crippen molar-refractivity contribution in [1.82, 2.24) is 4.99 Å². The van der Waals surface area contributed by atoms with Gasteiger partial charge in [0.2, 0.25) is 6.21 Å². The molecule has 0 unspecified atom stereocenters. The first-order valence-electron chi connectivity index (χ1n) is 1.56. The lowest BCUT2D eigenvalue weighted by Gasteiger charge is -1.58. The highest BCUT2D eigenvalue weighted by Gasteiger charge is 2.00. The summed E-state index contributed by atoms with van der Waals surface area (Å²) in [5.41, 5.74) is 0. The maximum Gasteiger partial charge on any atom is 0.256 e. The van der Waals surface area contributed by atoms with Crippen molar-refractivity contribution in [1.29, 1.82) is 0 Å². The van der Waals surface area contributed by atoms with E-state index in [-0.39, 0.29) is 0 Å². The Morgan fingerprint density at radius 2 is 2.80 bits per heavy atom. The van der Waals surface area contributed by atoms with Crippen LogP contribution in [0.3, 0.4) is 0 Å². The molecule has 1 radical (unpaired) electrons. The van der Waals surface area contributed by atoms with E-state index in [9.17, 15) is 0 Å². The molecule has 0 N–H and O–H groups in total. The maximum absolute atomic E-state index is 3.92. The molecule has 0 aliphatic carbocycles. The van der Waals surface area contributed by atoms with Crippen molar-refractivity contribution in [2.45, 2.75) is 0 Å². The summed E-state index contributed by atoms with van der Waals surface area (Å²) >= 11 is 1.85. The summed E-state index contributed by atoms with van der Waals surface area (Å²) < 4.78 is 0. The molecule has 27 valence electrons. The fraction of sp³-hybridized carbons (Fsp3) is 0.667. The molecule has 0 amide bonds. The van der Waals surface area contributed by atoms with Crippen molar-refractivity contribution in [3.05, 3.63) is 0 Å². The van der Waals surface area contributed by atoms with Crippen LogP contribution in [0.25, 0.3) is 0 Å². The molecule has 0 aromatic rings. The molecule has 0 aromatic carbocycles. The maximum atomic E-state index is 3.92. The summed E-state index contributed by atoms with van der Waals surface area (Å²) in [5, 5.41) is 0. The monoisotopic (exact) mass is 87.0 g/mol. The smallest absolute Gasteiger partial charge is 0.0747 e. The number of aliphatic imine (C=N–C) groups is 1. The Morgan fingerprint density at radius 3 is 3.00 bits per heavy atom. The fourth-order valence-electron chi connectivity index (χ4n) is 0.264. The van der Waals surface area contributed by atoms with E-state index in [2.05, 4.69) is 4.99 Å². The Balaban J connectivity index is 2.32. The number of rotatable bonds is 0. The van der Waals surface area contributed by atoms with Crippen LogP contribution in [0.1, 0.15) is 0 Å². The molecule has 1 heterocycles. The highest BCUT2D eigenvalue weighted by Crippen LogP contribution is 1.95. The van der Waals surface area contributed by atoms with Crippen LogP contribution in [0.2, 0.25) is 0 Å². The molecule has 1 aliphatic heterocycles. The van der Waals surface area contributed by atoms with E-state index < -0.39 is 0 Å². The topological polar surface area (TPSA) is 14.1 Å². The lowest BCUT2D eigenvalue weighted by molar-refractivity contribution is 1.25. The molecule has 0 aromatic heterocycles. The quantitative estimate of drug-likeness (QED) is 0.408. The van der Waals surface area contributed by atoms with Gasteiger partial charge in [-0.1, -0.05) is 11.8 Å². The van der Waals surface area contributed by atoms with Gasteiger partial charge in [0.1, 0.15) is 0 Å². The van der Waals surface area contributed by atoms with E-state index in [1.165, 1.54) is 0 Å². The van der Waals surface area contributed by atoms with Crippen LogP contribution in [0.5, 0.6) is 0 Å². The molecule has 0 bridgehead atoms. The van der Waals surface area contributed by atoms with Crippen molar-refractivity contribution in [2.24, 2.45) is 0 Å². The molecule has 5 heavy (non-hydrogen) atoms. The predicted octanol–water partition coefficient (Wildman–Crippen LogP) is 0.0973. The molecule has 1 rings (SSSR count). The van der Waals surface area contributed by atoms with Crippen molar-refractivity contribution in [3.63, 3.8) is 0 Å². The highest BCUT2D eigenvalue weighted by atomic mass is 32.2. The van der Waals surface area contributed by atoms with Crippen molar-refractivity contribution < 1.29 is 0 Å². The van der Waals surface area contributed by atoms with Gasteiger partial charge in [0, 0.05) is 4.99 Å². The molecule has 2 heteroatoms. The van der Waals surface area contributed by atoms with Crippen LogP contribution in [-0.4, -0.2) is 17.8 Å². The van der Waals surface area contributed by atoms with Crippen molar-refractivity contribution in [2.75, 3.05) is 11.6 Å². The molecule has 1 aliphatic rings. The van der Waals surface area contributed by atoms with Crippen molar-refractivity contribution >= 4 is 18.0 Å². The SMILES string of the molecule is C1=[N+]CSC1. The van der Waals surface area contributed by atoms with Crippen molar-refractivity contribution in [3.8, 4) is 0 Å². The Hall–Kier alpha value is 0.0200. The Kier molecular flexibility index (Phi) is 0.937. The molecule has 1 nitrogen and oxygen atoms in total. The molecule has 0 saturated heterocycles. The Labute approximate surface area is 35.5 Å². The van der Waals surface area contributed by atoms with E-state index >= 15 is 0 Å². The van der Waals surface area contributed by atoms with Gasteiger partial charge in [0.15, 0.2) is 0 Å². The van der Waals surface area contributed by atoms with E-state index in [0.717, 1.165) is 11.6 Å². The normalized spacial score (nSPS) is 20.8. The summed E-state index contributed by atoms with van der Waals surface area (Å²) in [6.07, 6.45) is 1.95. The fourth-order valence-corrected chi connectivity index (χ4v) is 0.791. The van der Waals surface area contributed by atoms with Gasteiger partial charge >= 0.3 is 0 Å².